The molecule has 0 radical (unpaired) electrons. The summed E-state index contributed by atoms with van der Waals surface area (Å²) in [6.07, 6.45) is 5.27. The van der Waals surface area contributed by atoms with Crippen molar-refractivity contribution in [1.82, 2.24) is 25.1 Å². The van der Waals surface area contributed by atoms with Crippen LogP contribution in [0.2, 0.25) is 0 Å². The van der Waals surface area contributed by atoms with E-state index in [1.807, 2.05) is 65.4 Å². The molecule has 5 rings (SSSR count). The number of carbonyl (C=O) groups is 1. The molecule has 0 saturated heterocycles. The van der Waals surface area contributed by atoms with Crippen LogP contribution < -0.4 is 5.32 Å². The number of rotatable bonds is 6. The van der Waals surface area contributed by atoms with Crippen LogP contribution >= 0.6 is 22.7 Å². The lowest BCUT2D eigenvalue weighted by Gasteiger charge is -2.02. The number of thiazole rings is 1. The predicted molar refractivity (Wildman–Crippen MR) is 123 cm³/mol. The van der Waals surface area contributed by atoms with Crippen LogP contribution in [0.4, 0.5) is 0 Å². The van der Waals surface area contributed by atoms with Crippen molar-refractivity contribution in [3.63, 3.8) is 0 Å². The Hall–Kier alpha value is -3.62. The molecule has 8 heteroatoms. The molecule has 152 valence electrons. The highest BCUT2D eigenvalue weighted by Crippen LogP contribution is 2.28. The number of nitrogens with one attached hydrogen (secondary N) is 1. The number of pyridine rings is 1. The van der Waals surface area contributed by atoms with Gasteiger partial charge in [-0.2, -0.15) is 5.10 Å². The van der Waals surface area contributed by atoms with E-state index in [9.17, 15) is 4.79 Å². The van der Waals surface area contributed by atoms with Gasteiger partial charge >= 0.3 is 0 Å². The zero-order valence-corrected chi connectivity index (χ0v) is 17.9. The van der Waals surface area contributed by atoms with Gasteiger partial charge in [0.1, 0.15) is 10.7 Å². The lowest BCUT2D eigenvalue weighted by Crippen LogP contribution is -2.22. The maximum Gasteiger partial charge on any atom is 0.255 e. The SMILES string of the molecule is O=C(NCc1nc(-c2ccncc2)cs1)c1cn(-c2ccccc2)nc1-c1cccs1. The van der Waals surface area contributed by atoms with Gasteiger partial charge in [-0.25, -0.2) is 9.67 Å². The van der Waals surface area contributed by atoms with Crippen molar-refractivity contribution in [3.8, 4) is 27.5 Å². The number of benzene rings is 1. The Morgan fingerprint density at radius 1 is 1.00 bits per heavy atom. The van der Waals surface area contributed by atoms with Crippen LogP contribution in [-0.4, -0.2) is 25.7 Å². The van der Waals surface area contributed by atoms with Gasteiger partial charge in [0.05, 0.1) is 28.4 Å². The minimum absolute atomic E-state index is 0.175. The summed E-state index contributed by atoms with van der Waals surface area (Å²) in [5.41, 5.74) is 4.01. The fourth-order valence-electron chi connectivity index (χ4n) is 3.15. The van der Waals surface area contributed by atoms with Gasteiger partial charge in [-0.15, -0.1) is 22.7 Å². The van der Waals surface area contributed by atoms with Crippen LogP contribution in [0.15, 0.2) is 83.9 Å². The molecule has 5 aromatic rings. The average molecular weight is 444 g/mol. The first kappa shape index (κ1) is 19.3. The normalized spacial score (nSPS) is 10.8. The van der Waals surface area contributed by atoms with E-state index in [1.54, 1.807) is 34.6 Å². The molecule has 1 N–H and O–H groups in total. The van der Waals surface area contributed by atoms with Crippen LogP contribution in [0.25, 0.3) is 27.5 Å². The van der Waals surface area contributed by atoms with E-state index in [1.165, 1.54) is 11.3 Å². The van der Waals surface area contributed by atoms with Crippen LogP contribution in [0.5, 0.6) is 0 Å². The van der Waals surface area contributed by atoms with Crippen molar-refractivity contribution in [2.45, 2.75) is 6.54 Å². The Morgan fingerprint density at radius 3 is 2.61 bits per heavy atom. The highest BCUT2D eigenvalue weighted by molar-refractivity contribution is 7.13. The van der Waals surface area contributed by atoms with Gasteiger partial charge < -0.3 is 5.32 Å². The molecule has 0 aliphatic heterocycles. The summed E-state index contributed by atoms with van der Waals surface area (Å²) < 4.78 is 1.74. The monoisotopic (exact) mass is 443 g/mol. The second-order valence-corrected chi connectivity index (χ2v) is 8.58. The first-order valence-electron chi connectivity index (χ1n) is 9.60. The van der Waals surface area contributed by atoms with Crippen molar-refractivity contribution in [1.29, 1.82) is 0 Å². The second kappa shape index (κ2) is 8.63. The first-order chi connectivity index (χ1) is 15.3. The quantitative estimate of drug-likeness (QED) is 0.399. The second-order valence-electron chi connectivity index (χ2n) is 6.69. The topological polar surface area (TPSA) is 72.7 Å². The summed E-state index contributed by atoms with van der Waals surface area (Å²) in [6.45, 7) is 0.356. The van der Waals surface area contributed by atoms with Gasteiger partial charge in [0.15, 0.2) is 0 Å². The third kappa shape index (κ3) is 4.16. The number of hydrogen-bond donors (Lipinski definition) is 1. The average Bonchev–Trinajstić information content (AvgIpc) is 3.59. The van der Waals surface area contributed by atoms with Gasteiger partial charge in [0, 0.05) is 29.5 Å². The van der Waals surface area contributed by atoms with E-state index >= 15 is 0 Å². The highest BCUT2D eigenvalue weighted by Gasteiger charge is 2.19. The molecule has 0 fully saturated rings. The Kier molecular flexibility index (Phi) is 5.39. The minimum Gasteiger partial charge on any atom is -0.345 e. The molecule has 0 aliphatic rings. The molecule has 0 bridgehead atoms. The molecular weight excluding hydrogens is 426 g/mol. The molecule has 0 aliphatic carbocycles. The Bertz CT molecular complexity index is 1290. The number of nitrogens with zero attached hydrogens (tertiary/aromatic N) is 4. The lowest BCUT2D eigenvalue weighted by atomic mass is 10.2. The van der Waals surface area contributed by atoms with E-state index in [2.05, 4.69) is 15.3 Å². The Morgan fingerprint density at radius 2 is 1.84 bits per heavy atom. The zero-order chi connectivity index (χ0) is 21.0. The Labute approximate surface area is 186 Å². The van der Waals surface area contributed by atoms with E-state index in [0.717, 1.165) is 26.8 Å². The summed E-state index contributed by atoms with van der Waals surface area (Å²) in [5.74, 6) is -0.175. The number of hydrogen-bond acceptors (Lipinski definition) is 6. The fraction of sp³-hybridized carbons (Fsp3) is 0.0435. The van der Waals surface area contributed by atoms with E-state index in [-0.39, 0.29) is 5.91 Å². The highest BCUT2D eigenvalue weighted by atomic mass is 32.1. The molecule has 0 saturated carbocycles. The molecule has 6 nitrogen and oxygen atoms in total. The van der Waals surface area contributed by atoms with Crippen LogP contribution in [0.1, 0.15) is 15.4 Å². The summed E-state index contributed by atoms with van der Waals surface area (Å²) in [4.78, 5) is 22.7. The van der Waals surface area contributed by atoms with Crippen molar-refractivity contribution in [2.75, 3.05) is 0 Å². The number of thiophene rings is 1. The minimum atomic E-state index is -0.175. The summed E-state index contributed by atoms with van der Waals surface area (Å²) in [7, 11) is 0. The third-order valence-electron chi connectivity index (χ3n) is 4.66. The molecule has 31 heavy (non-hydrogen) atoms. The maximum absolute atomic E-state index is 13.1. The van der Waals surface area contributed by atoms with Gasteiger partial charge in [0.2, 0.25) is 0 Å². The van der Waals surface area contributed by atoms with Crippen LogP contribution in [-0.2, 0) is 6.54 Å². The van der Waals surface area contributed by atoms with Crippen molar-refractivity contribution in [3.05, 3.63) is 94.5 Å². The molecule has 0 spiro atoms. The maximum atomic E-state index is 13.1. The van der Waals surface area contributed by atoms with E-state index < -0.39 is 0 Å². The van der Waals surface area contributed by atoms with Crippen molar-refractivity contribution < 1.29 is 4.79 Å². The smallest absolute Gasteiger partial charge is 0.255 e. The molecule has 0 unspecified atom stereocenters. The van der Waals surface area contributed by atoms with Gasteiger partial charge in [-0.1, -0.05) is 24.3 Å². The number of amides is 1. The standard InChI is InChI=1S/C23H17N5OS2/c29-23(25-13-21-26-19(15-31-21)16-8-10-24-11-9-16)18-14-28(17-5-2-1-3-6-17)27-22(18)20-7-4-12-30-20/h1-12,14-15H,13H2,(H,25,29). The molecule has 4 aromatic heterocycles. The largest absolute Gasteiger partial charge is 0.345 e. The molecular formula is C23H17N5OS2. The van der Waals surface area contributed by atoms with Crippen molar-refractivity contribution >= 4 is 28.6 Å². The van der Waals surface area contributed by atoms with E-state index in [0.29, 0.717) is 17.8 Å². The van der Waals surface area contributed by atoms with Gasteiger partial charge in [0.25, 0.3) is 5.91 Å². The molecule has 1 aromatic carbocycles. The summed E-state index contributed by atoms with van der Waals surface area (Å²) in [6, 6.07) is 17.5. The number of para-hydroxylation sites is 1. The summed E-state index contributed by atoms with van der Waals surface area (Å²) >= 11 is 3.08. The lowest BCUT2D eigenvalue weighted by molar-refractivity contribution is 0.0951. The number of carbonyl (C=O) groups excluding carboxylic acids is 1. The molecule has 0 atom stereocenters. The van der Waals surface area contributed by atoms with E-state index in [4.69, 9.17) is 5.10 Å². The zero-order valence-electron chi connectivity index (χ0n) is 16.3. The molecule has 1 amide bonds. The van der Waals surface area contributed by atoms with Gasteiger partial charge in [-0.3, -0.25) is 9.78 Å². The van der Waals surface area contributed by atoms with Crippen molar-refractivity contribution in [2.24, 2.45) is 0 Å². The Balaban J connectivity index is 1.38. The third-order valence-corrected chi connectivity index (χ3v) is 6.39. The number of aromatic nitrogens is 4. The predicted octanol–water partition coefficient (Wildman–Crippen LogP) is 5.05. The fourth-order valence-corrected chi connectivity index (χ4v) is 4.61. The van der Waals surface area contributed by atoms with Crippen LogP contribution in [0, 0.1) is 0 Å². The van der Waals surface area contributed by atoms with Gasteiger partial charge in [-0.05, 0) is 35.7 Å². The first-order valence-corrected chi connectivity index (χ1v) is 11.4. The van der Waals surface area contributed by atoms with Crippen LogP contribution in [0.3, 0.4) is 0 Å². The molecule has 4 heterocycles. The summed E-state index contributed by atoms with van der Waals surface area (Å²) in [5, 5.41) is 12.5.